The molecule has 0 N–H and O–H groups in total. The molecule has 0 nitrogen and oxygen atoms in total. The SMILES string of the molecule is CCCCc1cc2c(-c3ccccc3[Si](C)(C)C)cccc2[cH-]1.CCCCc1cc2c(-c3ccccc3[Si](C)(C)C)cccc2[cH-]1.[Cl][Zr][Cl].[c-]1cccc2c1[Si]c1ccccc1-2. The van der Waals surface area contributed by atoms with E-state index in [-0.39, 0.29) is 0 Å². The van der Waals surface area contributed by atoms with Crippen molar-refractivity contribution in [3.05, 3.63) is 169 Å². The number of rotatable bonds is 10. The third-order valence-electron chi connectivity index (χ3n) is 11.6. The van der Waals surface area contributed by atoms with Crippen molar-refractivity contribution in [3.8, 4) is 33.4 Å². The molecule has 0 bridgehead atoms. The van der Waals surface area contributed by atoms with Crippen LogP contribution >= 0.6 is 17.0 Å². The topological polar surface area (TPSA) is 0 Å². The van der Waals surface area contributed by atoms with Crippen LogP contribution in [0.5, 0.6) is 0 Å². The van der Waals surface area contributed by atoms with E-state index >= 15 is 0 Å². The van der Waals surface area contributed by atoms with Crippen LogP contribution in [-0.4, -0.2) is 25.7 Å². The van der Waals surface area contributed by atoms with E-state index in [1.807, 2.05) is 6.07 Å². The van der Waals surface area contributed by atoms with Gasteiger partial charge in [0.1, 0.15) is 0 Å². The first-order valence-electron chi connectivity index (χ1n) is 22.3. The van der Waals surface area contributed by atoms with Gasteiger partial charge in [0.05, 0.1) is 25.7 Å². The van der Waals surface area contributed by atoms with Crippen LogP contribution in [0.15, 0.2) is 152 Å². The number of unbranched alkanes of at least 4 members (excludes halogenated alkanes) is 2. The molecule has 6 heteroatoms. The molecule has 62 heavy (non-hydrogen) atoms. The van der Waals surface area contributed by atoms with E-state index < -0.39 is 37.0 Å². The molecular weight excluding hydrogens is 919 g/mol. The van der Waals surface area contributed by atoms with Crippen LogP contribution in [0.2, 0.25) is 39.3 Å². The van der Waals surface area contributed by atoms with Gasteiger partial charge in [0.15, 0.2) is 0 Å². The molecule has 0 aromatic heterocycles. The number of hydrogen-bond donors (Lipinski definition) is 0. The third-order valence-corrected chi connectivity index (χ3v) is 17.1. The second-order valence-corrected chi connectivity index (χ2v) is 33.4. The van der Waals surface area contributed by atoms with Crippen molar-refractivity contribution in [3.63, 3.8) is 0 Å². The number of benzene rings is 6. The van der Waals surface area contributed by atoms with E-state index in [0.29, 0.717) is 0 Å². The molecule has 0 unspecified atom stereocenters. The fraction of sp³-hybridized carbons (Fsp3) is 0.250. The maximum absolute atomic E-state index is 4.93. The summed E-state index contributed by atoms with van der Waals surface area (Å²) in [6, 6.07) is 59.3. The minimum atomic E-state index is -1.36. The Bertz CT molecular complexity index is 2490. The Kier molecular flexibility index (Phi) is 17.5. The molecule has 1 aliphatic heterocycles. The van der Waals surface area contributed by atoms with Crippen molar-refractivity contribution < 1.29 is 20.8 Å². The predicted octanol–water partition coefficient (Wildman–Crippen LogP) is 14.7. The number of hydrogen-bond acceptors (Lipinski definition) is 0. The second kappa shape index (κ2) is 22.5. The molecule has 2 radical (unpaired) electrons. The van der Waals surface area contributed by atoms with Gasteiger partial charge in [-0.25, -0.2) is 0 Å². The van der Waals surface area contributed by atoms with Crippen LogP contribution in [0.4, 0.5) is 0 Å². The van der Waals surface area contributed by atoms with Gasteiger partial charge >= 0.3 is 37.9 Å². The van der Waals surface area contributed by atoms with Crippen molar-refractivity contribution in [2.24, 2.45) is 0 Å². The number of halogens is 2. The standard InChI is InChI=1S/2C22H27Si.C12H7Si.2ClH.Zr/c2*1-5-6-10-17-15-18-11-9-13-19(21(18)16-17)20-12-7-8-14-22(20)23(2,3)4;1-3-7-11-9(5-1)10-6-2-4-8-12(10)13-11;;;/h2*7-9,11-16H,5-6,10H2,1-4H3;1-7H;2*1H;/q3*-1;;;+2/p-2. The molecule has 9 rings (SSSR count). The minimum Gasteiger partial charge on any atom is -0.184 e. The van der Waals surface area contributed by atoms with E-state index in [2.05, 4.69) is 205 Å². The summed E-state index contributed by atoms with van der Waals surface area (Å²) in [5.41, 5.74) is 11.4. The number of aryl methyl sites for hydroxylation is 2. The molecule has 0 fully saturated rings. The Morgan fingerprint density at radius 3 is 1.40 bits per heavy atom. The Labute approximate surface area is 396 Å². The maximum Gasteiger partial charge on any atom is 0.0920 e. The Morgan fingerprint density at radius 1 is 0.516 bits per heavy atom. The van der Waals surface area contributed by atoms with Gasteiger partial charge in [0, 0.05) is 0 Å². The van der Waals surface area contributed by atoms with Crippen molar-refractivity contribution in [2.45, 2.75) is 91.7 Å². The van der Waals surface area contributed by atoms with E-state index in [0.717, 1.165) is 9.52 Å². The number of fused-ring (bicyclic) bond motifs is 5. The summed E-state index contributed by atoms with van der Waals surface area (Å²) in [7, 11) is 7.94. The van der Waals surface area contributed by atoms with E-state index in [1.165, 1.54) is 115 Å². The smallest absolute Gasteiger partial charge is 0.0920 e. The van der Waals surface area contributed by atoms with E-state index in [9.17, 15) is 0 Å². The van der Waals surface area contributed by atoms with Crippen LogP contribution in [0.25, 0.3) is 54.9 Å². The average molecular weight is 980 g/mol. The van der Waals surface area contributed by atoms with Gasteiger partial charge in [0.25, 0.3) is 0 Å². The molecule has 318 valence electrons. The third kappa shape index (κ3) is 12.1. The zero-order chi connectivity index (χ0) is 44.3. The van der Waals surface area contributed by atoms with Gasteiger partial charge in [-0.1, -0.05) is 196 Å². The van der Waals surface area contributed by atoms with Crippen molar-refractivity contribution in [1.82, 2.24) is 0 Å². The molecular formula is C56H61Cl2Si3Zr-3. The van der Waals surface area contributed by atoms with E-state index in [4.69, 9.17) is 17.0 Å². The van der Waals surface area contributed by atoms with Crippen LogP contribution in [-0.2, 0) is 33.7 Å². The molecule has 1 heterocycles. The summed E-state index contributed by atoms with van der Waals surface area (Å²) in [6.07, 6.45) is 7.45. The normalized spacial score (nSPS) is 11.7. The molecule has 0 spiro atoms. The van der Waals surface area contributed by atoms with Crippen LogP contribution in [0.1, 0.15) is 50.7 Å². The Hall–Kier alpha value is -3.35. The fourth-order valence-corrected chi connectivity index (χ4v) is 13.1. The first-order chi connectivity index (χ1) is 29.9. The minimum absolute atomic E-state index is 0.795. The summed E-state index contributed by atoms with van der Waals surface area (Å²) < 4.78 is 0. The zero-order valence-electron chi connectivity index (χ0n) is 37.9. The molecule has 8 aromatic rings. The van der Waals surface area contributed by atoms with Crippen LogP contribution in [0, 0.1) is 6.07 Å². The van der Waals surface area contributed by atoms with Gasteiger partial charge in [0.2, 0.25) is 0 Å². The summed E-state index contributed by atoms with van der Waals surface area (Å²) in [4.78, 5) is 0. The summed E-state index contributed by atoms with van der Waals surface area (Å²) in [6.45, 7) is 19.1. The average Bonchev–Trinajstić information content (AvgIpc) is 4.00. The first kappa shape index (κ1) is 48.1. The van der Waals surface area contributed by atoms with E-state index in [1.54, 1.807) is 10.4 Å². The van der Waals surface area contributed by atoms with Crippen molar-refractivity contribution in [1.29, 1.82) is 0 Å². The van der Waals surface area contributed by atoms with Gasteiger partial charge in [-0.15, -0.1) is 74.6 Å². The van der Waals surface area contributed by atoms with Gasteiger partial charge in [-0.05, 0) is 24.0 Å². The summed E-state index contributed by atoms with van der Waals surface area (Å²) in [5.74, 6) is 0. The quantitative estimate of drug-likeness (QED) is 0.0946. The Morgan fingerprint density at radius 2 is 0.935 bits per heavy atom. The van der Waals surface area contributed by atoms with Gasteiger partial charge < -0.3 is 0 Å². The van der Waals surface area contributed by atoms with Crippen LogP contribution in [0.3, 0.4) is 0 Å². The molecule has 0 saturated carbocycles. The first-order valence-corrected chi connectivity index (χ1v) is 36.6. The molecule has 0 amide bonds. The van der Waals surface area contributed by atoms with Gasteiger partial charge in [-0.2, -0.15) is 41.6 Å². The molecule has 1 aliphatic rings. The zero-order valence-corrected chi connectivity index (χ0v) is 44.9. The van der Waals surface area contributed by atoms with Crippen molar-refractivity contribution >= 4 is 85.0 Å². The summed E-state index contributed by atoms with van der Waals surface area (Å²) >= 11 is -0.826. The molecule has 0 aliphatic carbocycles. The molecule has 8 aromatic carbocycles. The largest absolute Gasteiger partial charge is 0.184 e. The predicted molar refractivity (Wildman–Crippen MR) is 281 cm³/mol. The van der Waals surface area contributed by atoms with Gasteiger partial charge in [-0.3, -0.25) is 0 Å². The van der Waals surface area contributed by atoms with Crippen LogP contribution < -0.4 is 20.7 Å². The molecule has 0 saturated heterocycles. The Balaban J connectivity index is 0.000000155. The fourth-order valence-electron chi connectivity index (χ4n) is 8.58. The second-order valence-electron chi connectivity index (χ2n) is 18.3. The van der Waals surface area contributed by atoms with Crippen molar-refractivity contribution in [2.75, 3.05) is 0 Å². The summed E-state index contributed by atoms with van der Waals surface area (Å²) in [5, 5.41) is 11.6. The molecule has 0 atom stereocenters. The monoisotopic (exact) mass is 977 g/mol. The maximum atomic E-state index is 4.93.